The van der Waals surface area contributed by atoms with Crippen LogP contribution in [0.3, 0.4) is 0 Å². The van der Waals surface area contributed by atoms with Gasteiger partial charge < -0.3 is 10.1 Å². The lowest BCUT2D eigenvalue weighted by molar-refractivity contribution is 0.415. The lowest BCUT2D eigenvalue weighted by Gasteiger charge is -2.25. The Labute approximate surface area is 124 Å². The number of methoxy groups -OCH3 is 1. The maximum absolute atomic E-state index is 5.22. The molecule has 0 spiro atoms. The highest BCUT2D eigenvalue weighted by Gasteiger charge is 2.26. The first kappa shape index (κ1) is 13.5. The van der Waals surface area contributed by atoms with Gasteiger partial charge in [0.15, 0.2) is 0 Å². The predicted octanol–water partition coefficient (Wildman–Crippen LogP) is 5.10. The zero-order valence-corrected chi connectivity index (χ0v) is 12.7. The topological polar surface area (TPSA) is 21.3 Å². The first-order valence-corrected chi connectivity index (χ1v) is 8.19. The summed E-state index contributed by atoms with van der Waals surface area (Å²) in [6.45, 7) is 0. The lowest BCUT2D eigenvalue weighted by atomic mass is 9.96. The minimum absolute atomic E-state index is 0.450. The van der Waals surface area contributed by atoms with Crippen molar-refractivity contribution < 1.29 is 4.74 Å². The fourth-order valence-electron chi connectivity index (χ4n) is 3.05. The van der Waals surface area contributed by atoms with Gasteiger partial charge in [0.05, 0.1) is 13.2 Å². The molecule has 1 N–H and O–H groups in total. The van der Waals surface area contributed by atoms with Crippen LogP contribution in [-0.2, 0) is 0 Å². The van der Waals surface area contributed by atoms with E-state index in [9.17, 15) is 0 Å². The van der Waals surface area contributed by atoms with E-state index in [1.807, 2.05) is 23.5 Å². The van der Waals surface area contributed by atoms with Crippen molar-refractivity contribution in [2.75, 3.05) is 12.4 Å². The molecule has 1 aliphatic rings. The summed E-state index contributed by atoms with van der Waals surface area (Å²) in [4.78, 5) is 1.45. The summed E-state index contributed by atoms with van der Waals surface area (Å²) >= 11 is 1.86. The average Bonchev–Trinajstić information content (AvgIpc) is 3.19. The first-order valence-electron chi connectivity index (χ1n) is 7.31. The third-order valence-corrected chi connectivity index (χ3v) is 5.09. The fourth-order valence-corrected chi connectivity index (χ4v) is 3.92. The van der Waals surface area contributed by atoms with Gasteiger partial charge in [-0.05, 0) is 54.5 Å². The summed E-state index contributed by atoms with van der Waals surface area (Å²) in [5.41, 5.74) is 1.18. The number of anilines is 1. The Morgan fingerprint density at radius 1 is 1.15 bits per heavy atom. The van der Waals surface area contributed by atoms with Crippen molar-refractivity contribution >= 4 is 17.0 Å². The molecular weight excluding hydrogens is 266 g/mol. The molecule has 1 unspecified atom stereocenters. The van der Waals surface area contributed by atoms with Crippen molar-refractivity contribution in [1.29, 1.82) is 0 Å². The molecule has 1 fully saturated rings. The van der Waals surface area contributed by atoms with Gasteiger partial charge >= 0.3 is 0 Å². The zero-order chi connectivity index (χ0) is 13.8. The van der Waals surface area contributed by atoms with Gasteiger partial charge in [-0.3, -0.25) is 0 Å². The maximum Gasteiger partial charge on any atom is 0.119 e. The SMILES string of the molecule is COc1ccc(NC(c2cccs2)C2CCCC2)cc1. The molecule has 1 atom stereocenters. The molecule has 2 aromatic rings. The van der Waals surface area contributed by atoms with E-state index in [-0.39, 0.29) is 0 Å². The zero-order valence-electron chi connectivity index (χ0n) is 11.8. The van der Waals surface area contributed by atoms with Crippen molar-refractivity contribution in [3.05, 3.63) is 46.7 Å². The molecule has 0 amide bonds. The van der Waals surface area contributed by atoms with Crippen LogP contribution in [0.15, 0.2) is 41.8 Å². The summed E-state index contributed by atoms with van der Waals surface area (Å²) in [5, 5.41) is 5.90. The molecule has 1 aliphatic carbocycles. The number of hydrogen-bond acceptors (Lipinski definition) is 3. The molecule has 1 heterocycles. The molecule has 1 saturated carbocycles. The van der Waals surface area contributed by atoms with Crippen LogP contribution < -0.4 is 10.1 Å². The average molecular weight is 287 g/mol. The van der Waals surface area contributed by atoms with E-state index in [2.05, 4.69) is 35.0 Å². The Kier molecular flexibility index (Phi) is 4.26. The second-order valence-corrected chi connectivity index (χ2v) is 6.39. The maximum atomic E-state index is 5.22. The van der Waals surface area contributed by atoms with Gasteiger partial charge in [0.1, 0.15) is 5.75 Å². The summed E-state index contributed by atoms with van der Waals surface area (Å²) in [6.07, 6.45) is 5.42. The third-order valence-electron chi connectivity index (χ3n) is 4.13. The van der Waals surface area contributed by atoms with Crippen molar-refractivity contribution in [3.8, 4) is 5.75 Å². The molecule has 0 aliphatic heterocycles. The van der Waals surface area contributed by atoms with E-state index in [0.29, 0.717) is 6.04 Å². The van der Waals surface area contributed by atoms with Gasteiger partial charge in [-0.2, -0.15) is 0 Å². The fraction of sp³-hybridized carbons (Fsp3) is 0.412. The molecule has 20 heavy (non-hydrogen) atoms. The predicted molar refractivity (Wildman–Crippen MR) is 85.6 cm³/mol. The van der Waals surface area contributed by atoms with Gasteiger partial charge in [-0.1, -0.05) is 18.9 Å². The molecule has 0 radical (unpaired) electrons. The number of nitrogens with one attached hydrogen (secondary N) is 1. The van der Waals surface area contributed by atoms with E-state index in [0.717, 1.165) is 11.7 Å². The Morgan fingerprint density at radius 2 is 1.90 bits per heavy atom. The minimum atomic E-state index is 0.450. The van der Waals surface area contributed by atoms with Crippen LogP contribution in [0, 0.1) is 5.92 Å². The van der Waals surface area contributed by atoms with Crippen molar-refractivity contribution in [1.82, 2.24) is 0 Å². The molecule has 0 saturated heterocycles. The van der Waals surface area contributed by atoms with Crippen LogP contribution in [0.5, 0.6) is 5.75 Å². The van der Waals surface area contributed by atoms with E-state index >= 15 is 0 Å². The van der Waals surface area contributed by atoms with Gasteiger partial charge in [-0.25, -0.2) is 0 Å². The van der Waals surface area contributed by atoms with Crippen molar-refractivity contribution in [2.45, 2.75) is 31.7 Å². The van der Waals surface area contributed by atoms with E-state index in [1.165, 1.54) is 36.2 Å². The largest absolute Gasteiger partial charge is 0.497 e. The minimum Gasteiger partial charge on any atom is -0.497 e. The Balaban J connectivity index is 1.78. The van der Waals surface area contributed by atoms with Gasteiger partial charge in [0, 0.05) is 10.6 Å². The Hall–Kier alpha value is -1.48. The lowest BCUT2D eigenvalue weighted by Crippen LogP contribution is -2.17. The second kappa shape index (κ2) is 6.31. The van der Waals surface area contributed by atoms with Gasteiger partial charge in [-0.15, -0.1) is 11.3 Å². The van der Waals surface area contributed by atoms with Crippen LogP contribution in [0.1, 0.15) is 36.6 Å². The summed E-state index contributed by atoms with van der Waals surface area (Å²) in [6, 6.07) is 13.1. The monoisotopic (exact) mass is 287 g/mol. The van der Waals surface area contributed by atoms with Crippen LogP contribution >= 0.6 is 11.3 Å². The summed E-state index contributed by atoms with van der Waals surface area (Å²) < 4.78 is 5.22. The normalized spacial score (nSPS) is 17.1. The van der Waals surface area contributed by atoms with E-state index < -0.39 is 0 Å². The summed E-state index contributed by atoms with van der Waals surface area (Å²) in [5.74, 6) is 1.67. The number of rotatable bonds is 5. The summed E-state index contributed by atoms with van der Waals surface area (Å²) in [7, 11) is 1.70. The standard InChI is InChI=1S/C17H21NOS/c1-19-15-10-8-14(9-11-15)18-17(13-5-2-3-6-13)16-7-4-12-20-16/h4,7-13,17-18H,2-3,5-6H2,1H3. The molecule has 1 aromatic heterocycles. The highest BCUT2D eigenvalue weighted by Crippen LogP contribution is 2.39. The molecule has 106 valence electrons. The number of benzene rings is 1. The van der Waals surface area contributed by atoms with Crippen molar-refractivity contribution in [2.24, 2.45) is 5.92 Å². The number of thiophene rings is 1. The van der Waals surface area contributed by atoms with Gasteiger partial charge in [0.2, 0.25) is 0 Å². The molecule has 1 aromatic carbocycles. The quantitative estimate of drug-likeness (QED) is 0.826. The first-order chi connectivity index (χ1) is 9.86. The van der Waals surface area contributed by atoms with E-state index in [4.69, 9.17) is 4.74 Å². The van der Waals surface area contributed by atoms with E-state index in [1.54, 1.807) is 7.11 Å². The second-order valence-electron chi connectivity index (χ2n) is 5.41. The highest BCUT2D eigenvalue weighted by atomic mass is 32.1. The number of ether oxygens (including phenoxy) is 1. The molecular formula is C17H21NOS. The van der Waals surface area contributed by atoms with Crippen LogP contribution in [-0.4, -0.2) is 7.11 Å². The Bertz CT molecular complexity index is 514. The third kappa shape index (κ3) is 2.98. The van der Waals surface area contributed by atoms with Crippen LogP contribution in [0.25, 0.3) is 0 Å². The highest BCUT2D eigenvalue weighted by molar-refractivity contribution is 7.10. The van der Waals surface area contributed by atoms with Gasteiger partial charge in [0.25, 0.3) is 0 Å². The van der Waals surface area contributed by atoms with Crippen LogP contribution in [0.4, 0.5) is 5.69 Å². The smallest absolute Gasteiger partial charge is 0.119 e. The van der Waals surface area contributed by atoms with Crippen molar-refractivity contribution in [3.63, 3.8) is 0 Å². The molecule has 2 nitrogen and oxygen atoms in total. The molecule has 3 heteroatoms. The number of hydrogen-bond donors (Lipinski definition) is 1. The Morgan fingerprint density at radius 3 is 2.50 bits per heavy atom. The molecule has 0 bridgehead atoms. The van der Waals surface area contributed by atoms with Crippen LogP contribution in [0.2, 0.25) is 0 Å². The molecule has 3 rings (SSSR count).